The van der Waals surface area contributed by atoms with Crippen LogP contribution >= 0.6 is 0 Å². The summed E-state index contributed by atoms with van der Waals surface area (Å²) in [7, 11) is -3.18. The van der Waals surface area contributed by atoms with E-state index in [9.17, 15) is 8.42 Å². The van der Waals surface area contributed by atoms with Crippen molar-refractivity contribution >= 4 is 15.7 Å². The maximum atomic E-state index is 11.5. The number of hydrogen-bond acceptors (Lipinski definition) is 3. The van der Waals surface area contributed by atoms with E-state index in [0.29, 0.717) is 0 Å². The van der Waals surface area contributed by atoms with Crippen LogP contribution in [0.3, 0.4) is 0 Å². The van der Waals surface area contributed by atoms with Crippen LogP contribution < -0.4 is 10.0 Å². The highest BCUT2D eigenvalue weighted by atomic mass is 32.2. The second kappa shape index (κ2) is 4.43. The molecule has 0 radical (unpaired) electrons. The fraction of sp³-hybridized carbons (Fsp3) is 0.455. The van der Waals surface area contributed by atoms with Gasteiger partial charge in [-0.15, -0.1) is 0 Å². The Balaban J connectivity index is 2.35. The average molecular weight is 240 g/mol. The molecule has 0 saturated carbocycles. The van der Waals surface area contributed by atoms with Gasteiger partial charge in [-0.05, 0) is 37.1 Å². The number of anilines is 1. The standard InChI is InChI=1S/C11H16N2O2S/c1-2-16(14,15)13-11-5-3-4-9-8-12-7-6-10(9)11/h3-5,12-13H,2,6-8H2,1H3. The molecule has 1 aromatic rings. The van der Waals surface area contributed by atoms with E-state index in [1.165, 1.54) is 5.56 Å². The molecule has 1 aliphatic rings. The molecule has 1 aromatic carbocycles. The Hall–Kier alpha value is -1.07. The van der Waals surface area contributed by atoms with Crippen LogP contribution in [0.2, 0.25) is 0 Å². The van der Waals surface area contributed by atoms with Crippen LogP contribution in [0.15, 0.2) is 18.2 Å². The molecule has 0 amide bonds. The Morgan fingerprint density at radius 1 is 1.44 bits per heavy atom. The predicted octanol–water partition coefficient (Wildman–Crippen LogP) is 1.09. The van der Waals surface area contributed by atoms with Crippen LogP contribution in [0.4, 0.5) is 5.69 Å². The van der Waals surface area contributed by atoms with Gasteiger partial charge in [-0.25, -0.2) is 8.42 Å². The van der Waals surface area contributed by atoms with Crippen molar-refractivity contribution in [3.05, 3.63) is 29.3 Å². The number of rotatable bonds is 3. The zero-order valence-electron chi connectivity index (χ0n) is 9.29. The van der Waals surface area contributed by atoms with Gasteiger partial charge in [0.2, 0.25) is 10.0 Å². The fourth-order valence-electron chi connectivity index (χ4n) is 1.87. The van der Waals surface area contributed by atoms with Crippen molar-refractivity contribution in [3.63, 3.8) is 0 Å². The third kappa shape index (κ3) is 2.36. The van der Waals surface area contributed by atoms with Crippen molar-refractivity contribution in [1.82, 2.24) is 5.32 Å². The molecular weight excluding hydrogens is 224 g/mol. The van der Waals surface area contributed by atoms with Gasteiger partial charge < -0.3 is 5.32 Å². The third-order valence-electron chi connectivity index (χ3n) is 2.79. The van der Waals surface area contributed by atoms with Crippen LogP contribution in [0.5, 0.6) is 0 Å². The first-order valence-corrected chi connectivity index (χ1v) is 7.09. The van der Waals surface area contributed by atoms with E-state index in [2.05, 4.69) is 10.0 Å². The number of fused-ring (bicyclic) bond motifs is 1. The summed E-state index contributed by atoms with van der Waals surface area (Å²) in [6, 6.07) is 5.75. The maximum absolute atomic E-state index is 11.5. The highest BCUT2D eigenvalue weighted by Crippen LogP contribution is 2.23. The number of benzene rings is 1. The quantitative estimate of drug-likeness (QED) is 0.831. The normalized spacial score (nSPS) is 15.6. The molecular formula is C11H16N2O2S. The highest BCUT2D eigenvalue weighted by molar-refractivity contribution is 7.92. The summed E-state index contributed by atoms with van der Waals surface area (Å²) in [6.45, 7) is 3.36. The lowest BCUT2D eigenvalue weighted by Gasteiger charge is -2.20. The van der Waals surface area contributed by atoms with Crippen molar-refractivity contribution in [1.29, 1.82) is 0 Å². The lowest BCUT2D eigenvalue weighted by atomic mass is 9.99. The Labute approximate surface area is 96.1 Å². The molecule has 4 nitrogen and oxygen atoms in total. The molecule has 5 heteroatoms. The maximum Gasteiger partial charge on any atom is 0.232 e. The van der Waals surface area contributed by atoms with Crippen LogP contribution in [0, 0.1) is 0 Å². The molecule has 2 rings (SSSR count). The highest BCUT2D eigenvalue weighted by Gasteiger charge is 2.15. The monoisotopic (exact) mass is 240 g/mol. The van der Waals surface area contributed by atoms with Crippen LogP contribution in [-0.2, 0) is 23.0 Å². The topological polar surface area (TPSA) is 58.2 Å². The lowest BCUT2D eigenvalue weighted by Crippen LogP contribution is -2.25. The van der Waals surface area contributed by atoms with Gasteiger partial charge in [-0.3, -0.25) is 4.72 Å². The van der Waals surface area contributed by atoms with Crippen LogP contribution in [0.25, 0.3) is 0 Å². The molecule has 88 valence electrons. The SMILES string of the molecule is CCS(=O)(=O)Nc1cccc2c1CCNC2. The summed E-state index contributed by atoms with van der Waals surface area (Å²) < 4.78 is 25.7. The van der Waals surface area contributed by atoms with Gasteiger partial charge in [0.05, 0.1) is 11.4 Å². The molecule has 0 saturated heterocycles. The average Bonchev–Trinajstić information content (AvgIpc) is 2.29. The fourth-order valence-corrected chi connectivity index (χ4v) is 2.54. The summed E-state index contributed by atoms with van der Waals surface area (Å²) >= 11 is 0. The van der Waals surface area contributed by atoms with Gasteiger partial charge in [-0.2, -0.15) is 0 Å². The Morgan fingerprint density at radius 3 is 3.00 bits per heavy atom. The Bertz CT molecular complexity index is 483. The van der Waals surface area contributed by atoms with E-state index in [0.717, 1.165) is 30.8 Å². The molecule has 0 atom stereocenters. The molecule has 0 aromatic heterocycles. The summed E-state index contributed by atoms with van der Waals surface area (Å²) in [5.41, 5.74) is 3.04. The van der Waals surface area contributed by atoms with Gasteiger partial charge >= 0.3 is 0 Å². The van der Waals surface area contributed by atoms with E-state index < -0.39 is 10.0 Å². The van der Waals surface area contributed by atoms with Gasteiger partial charge in [0.15, 0.2) is 0 Å². The smallest absolute Gasteiger partial charge is 0.232 e. The Kier molecular flexibility index (Phi) is 3.16. The van der Waals surface area contributed by atoms with Crippen molar-refractivity contribution in [2.75, 3.05) is 17.0 Å². The van der Waals surface area contributed by atoms with E-state index >= 15 is 0 Å². The van der Waals surface area contributed by atoms with E-state index in [1.54, 1.807) is 6.92 Å². The molecule has 1 aliphatic heterocycles. The van der Waals surface area contributed by atoms with Gasteiger partial charge in [0.1, 0.15) is 0 Å². The molecule has 0 bridgehead atoms. The van der Waals surface area contributed by atoms with E-state index in [4.69, 9.17) is 0 Å². The zero-order chi connectivity index (χ0) is 11.6. The molecule has 16 heavy (non-hydrogen) atoms. The molecule has 0 fully saturated rings. The van der Waals surface area contributed by atoms with Crippen molar-refractivity contribution in [2.24, 2.45) is 0 Å². The molecule has 1 heterocycles. The van der Waals surface area contributed by atoms with Crippen molar-refractivity contribution < 1.29 is 8.42 Å². The van der Waals surface area contributed by atoms with Gasteiger partial charge in [0.25, 0.3) is 0 Å². The number of sulfonamides is 1. The number of hydrogen-bond donors (Lipinski definition) is 2. The minimum Gasteiger partial charge on any atom is -0.312 e. The first kappa shape index (κ1) is 11.4. The molecule has 0 spiro atoms. The van der Waals surface area contributed by atoms with E-state index in [-0.39, 0.29) is 5.75 Å². The second-order valence-electron chi connectivity index (χ2n) is 3.88. The molecule has 0 unspecified atom stereocenters. The predicted molar refractivity (Wildman–Crippen MR) is 64.9 cm³/mol. The minimum atomic E-state index is -3.18. The first-order valence-electron chi connectivity index (χ1n) is 5.44. The minimum absolute atomic E-state index is 0.106. The summed E-state index contributed by atoms with van der Waals surface area (Å²) in [5.74, 6) is 0.106. The third-order valence-corrected chi connectivity index (χ3v) is 4.08. The van der Waals surface area contributed by atoms with Crippen molar-refractivity contribution in [2.45, 2.75) is 19.9 Å². The van der Waals surface area contributed by atoms with E-state index in [1.807, 2.05) is 18.2 Å². The van der Waals surface area contributed by atoms with Crippen molar-refractivity contribution in [3.8, 4) is 0 Å². The Morgan fingerprint density at radius 2 is 2.25 bits per heavy atom. The van der Waals surface area contributed by atoms with Gasteiger partial charge in [-0.1, -0.05) is 12.1 Å². The molecule has 0 aliphatic carbocycles. The van der Waals surface area contributed by atoms with Crippen LogP contribution in [-0.4, -0.2) is 20.7 Å². The zero-order valence-corrected chi connectivity index (χ0v) is 10.1. The lowest BCUT2D eigenvalue weighted by molar-refractivity contribution is 0.602. The summed E-state index contributed by atoms with van der Waals surface area (Å²) in [4.78, 5) is 0. The van der Waals surface area contributed by atoms with Gasteiger partial charge in [0, 0.05) is 6.54 Å². The largest absolute Gasteiger partial charge is 0.312 e. The summed E-state index contributed by atoms with van der Waals surface area (Å²) in [5, 5.41) is 3.27. The summed E-state index contributed by atoms with van der Waals surface area (Å²) in [6.07, 6.45) is 0.873. The first-order chi connectivity index (χ1) is 7.62. The van der Waals surface area contributed by atoms with Crippen LogP contribution in [0.1, 0.15) is 18.1 Å². The second-order valence-corrected chi connectivity index (χ2v) is 5.89. The molecule has 2 N–H and O–H groups in total. The number of nitrogens with one attached hydrogen (secondary N) is 2.